The molecule has 2 amide bonds. The Balaban J connectivity index is 1.75. The van der Waals surface area contributed by atoms with E-state index in [2.05, 4.69) is 5.32 Å². The molecule has 1 heterocycles. The molecule has 3 N–H and O–H groups in total. The number of carbonyl (C=O) groups excluding carboxylic acids is 3. The third kappa shape index (κ3) is 3.58. The minimum atomic E-state index is -0.223. The second kappa shape index (κ2) is 6.53. The number of nitrogens with zero attached hydrogens (tertiary/aromatic N) is 1. The molecule has 0 bridgehead atoms. The van der Waals surface area contributed by atoms with Gasteiger partial charge in [0.15, 0.2) is 5.78 Å². The Hall–Kier alpha value is -1.86. The van der Waals surface area contributed by atoms with Crippen LogP contribution in [0.25, 0.3) is 0 Å². The van der Waals surface area contributed by atoms with E-state index in [1.807, 2.05) is 0 Å². The lowest BCUT2D eigenvalue weighted by atomic mass is 10.1. The lowest BCUT2D eigenvalue weighted by molar-refractivity contribution is -0.124. The van der Waals surface area contributed by atoms with E-state index in [-0.39, 0.29) is 35.8 Å². The van der Waals surface area contributed by atoms with Gasteiger partial charge >= 0.3 is 0 Å². The molecule has 1 saturated heterocycles. The second-order valence-electron chi connectivity index (χ2n) is 4.33. The van der Waals surface area contributed by atoms with E-state index in [9.17, 15) is 14.4 Å². The summed E-state index contributed by atoms with van der Waals surface area (Å²) in [6.07, 6.45) is 0. The fourth-order valence-electron chi connectivity index (χ4n) is 1.80. The topological polar surface area (TPSA) is 92.5 Å². The Labute approximate surface area is 120 Å². The fourth-order valence-corrected chi connectivity index (χ4v) is 2.56. The molecule has 1 aliphatic heterocycles. The van der Waals surface area contributed by atoms with Crippen molar-refractivity contribution in [3.8, 4) is 0 Å². The molecule has 0 unspecified atom stereocenters. The maximum Gasteiger partial charge on any atom is 0.288 e. The zero-order valence-electron chi connectivity index (χ0n) is 10.8. The van der Waals surface area contributed by atoms with Crippen molar-refractivity contribution in [3.05, 3.63) is 29.8 Å². The number of rotatable bonds is 6. The summed E-state index contributed by atoms with van der Waals surface area (Å²) < 4.78 is 0. The zero-order valence-corrected chi connectivity index (χ0v) is 11.6. The molecule has 0 spiro atoms. The first-order valence-electron chi connectivity index (χ1n) is 6.14. The maximum atomic E-state index is 11.9. The molecule has 0 aromatic heterocycles. The molecule has 1 fully saturated rings. The molecule has 0 aliphatic carbocycles. The van der Waals surface area contributed by atoms with Crippen molar-refractivity contribution < 1.29 is 14.4 Å². The summed E-state index contributed by atoms with van der Waals surface area (Å²) in [5, 5.41) is 2.70. The number of benzene rings is 1. The Morgan fingerprint density at radius 1 is 1.40 bits per heavy atom. The smallest absolute Gasteiger partial charge is 0.288 e. The van der Waals surface area contributed by atoms with Crippen molar-refractivity contribution in [2.75, 3.05) is 31.1 Å². The fraction of sp³-hybridized carbons (Fsp3) is 0.308. The van der Waals surface area contributed by atoms with Crippen molar-refractivity contribution >= 4 is 34.4 Å². The number of ketones is 1. The van der Waals surface area contributed by atoms with Crippen molar-refractivity contribution in [1.29, 1.82) is 0 Å². The van der Waals surface area contributed by atoms with Crippen molar-refractivity contribution in [2.24, 2.45) is 0 Å². The standard InChI is InChI=1S/C13H15N3O3S/c14-10-3-1-2-9(6-10)11(17)7-15-4-5-16-12(18)8-20-13(16)19/h1-3,6,15H,4-5,7-8,14H2. The number of nitrogens with one attached hydrogen (secondary N) is 1. The van der Waals surface area contributed by atoms with Crippen LogP contribution in [-0.4, -0.2) is 47.2 Å². The van der Waals surface area contributed by atoms with Gasteiger partial charge in [-0.1, -0.05) is 23.9 Å². The Kier molecular flexibility index (Phi) is 4.75. The number of nitrogens with two attached hydrogens (primary N) is 1. The predicted octanol–water partition coefficient (Wildman–Crippen LogP) is 0.736. The summed E-state index contributed by atoms with van der Waals surface area (Å²) in [5.41, 5.74) is 6.69. The molecular weight excluding hydrogens is 278 g/mol. The van der Waals surface area contributed by atoms with Crippen LogP contribution in [0.2, 0.25) is 0 Å². The largest absolute Gasteiger partial charge is 0.399 e. The minimum absolute atomic E-state index is 0.0780. The van der Waals surface area contributed by atoms with Crippen LogP contribution in [0, 0.1) is 0 Å². The molecule has 0 atom stereocenters. The van der Waals surface area contributed by atoms with Crippen molar-refractivity contribution in [1.82, 2.24) is 10.2 Å². The van der Waals surface area contributed by atoms with Gasteiger partial charge < -0.3 is 11.1 Å². The SMILES string of the molecule is Nc1cccc(C(=O)CNCCN2C(=O)CSC2=O)c1. The third-order valence-corrected chi connectivity index (χ3v) is 3.71. The van der Waals surface area contributed by atoms with Crippen LogP contribution in [0.15, 0.2) is 24.3 Å². The Bertz CT molecular complexity index is 531. The van der Waals surface area contributed by atoms with Crippen molar-refractivity contribution in [2.45, 2.75) is 0 Å². The van der Waals surface area contributed by atoms with E-state index in [0.717, 1.165) is 11.8 Å². The van der Waals surface area contributed by atoms with Gasteiger partial charge in [0.25, 0.3) is 5.24 Å². The minimum Gasteiger partial charge on any atom is -0.399 e. The van der Waals surface area contributed by atoms with Gasteiger partial charge in [-0.15, -0.1) is 0 Å². The lowest BCUT2D eigenvalue weighted by Gasteiger charge is -2.12. The lowest BCUT2D eigenvalue weighted by Crippen LogP contribution is -2.36. The van der Waals surface area contributed by atoms with E-state index in [0.29, 0.717) is 17.8 Å². The van der Waals surface area contributed by atoms with Gasteiger partial charge in [0.2, 0.25) is 5.91 Å². The average Bonchev–Trinajstić information content (AvgIpc) is 2.74. The van der Waals surface area contributed by atoms with Gasteiger partial charge in [0.05, 0.1) is 12.3 Å². The highest BCUT2D eigenvalue weighted by atomic mass is 32.2. The Morgan fingerprint density at radius 3 is 2.85 bits per heavy atom. The number of hydrogen-bond donors (Lipinski definition) is 2. The maximum absolute atomic E-state index is 11.9. The Morgan fingerprint density at radius 2 is 2.20 bits per heavy atom. The number of carbonyl (C=O) groups is 3. The van der Waals surface area contributed by atoms with Crippen LogP contribution >= 0.6 is 11.8 Å². The molecule has 106 valence electrons. The van der Waals surface area contributed by atoms with Gasteiger partial charge in [-0.25, -0.2) is 0 Å². The van der Waals surface area contributed by atoms with Crippen molar-refractivity contribution in [3.63, 3.8) is 0 Å². The first-order valence-corrected chi connectivity index (χ1v) is 7.13. The molecule has 0 saturated carbocycles. The van der Waals surface area contributed by atoms with E-state index in [1.54, 1.807) is 24.3 Å². The van der Waals surface area contributed by atoms with E-state index in [1.165, 1.54) is 4.90 Å². The molecule has 1 aromatic carbocycles. The third-order valence-electron chi connectivity index (χ3n) is 2.85. The molecule has 6 nitrogen and oxygen atoms in total. The van der Waals surface area contributed by atoms with E-state index >= 15 is 0 Å². The van der Waals surface area contributed by atoms with Gasteiger partial charge in [0.1, 0.15) is 0 Å². The average molecular weight is 293 g/mol. The number of Topliss-reactive ketones (excluding diaryl/α,β-unsaturated/α-hetero) is 1. The molecule has 2 rings (SSSR count). The summed E-state index contributed by atoms with van der Waals surface area (Å²) in [6, 6.07) is 6.76. The van der Waals surface area contributed by atoms with Crippen LogP contribution in [0.4, 0.5) is 10.5 Å². The van der Waals surface area contributed by atoms with Gasteiger partial charge in [-0.3, -0.25) is 19.3 Å². The first-order chi connectivity index (χ1) is 9.58. The van der Waals surface area contributed by atoms with Gasteiger partial charge in [-0.05, 0) is 12.1 Å². The molecular formula is C13H15N3O3S. The second-order valence-corrected chi connectivity index (χ2v) is 5.25. The van der Waals surface area contributed by atoms with Crippen LogP contribution in [0.1, 0.15) is 10.4 Å². The van der Waals surface area contributed by atoms with Crippen LogP contribution in [-0.2, 0) is 4.79 Å². The summed E-state index contributed by atoms with van der Waals surface area (Å²) in [7, 11) is 0. The summed E-state index contributed by atoms with van der Waals surface area (Å²) in [6.45, 7) is 0.827. The number of amides is 2. The quantitative estimate of drug-likeness (QED) is 0.456. The van der Waals surface area contributed by atoms with Crippen LogP contribution in [0.3, 0.4) is 0 Å². The zero-order chi connectivity index (χ0) is 14.5. The summed E-state index contributed by atoms with van der Waals surface area (Å²) in [5.74, 6) is -0.0455. The molecule has 20 heavy (non-hydrogen) atoms. The molecule has 1 aliphatic rings. The number of anilines is 1. The van der Waals surface area contributed by atoms with Gasteiger partial charge in [0, 0.05) is 24.3 Å². The molecule has 1 aromatic rings. The number of hydrogen-bond acceptors (Lipinski definition) is 6. The summed E-state index contributed by atoms with van der Waals surface area (Å²) >= 11 is 1.01. The number of nitrogen functional groups attached to an aromatic ring is 1. The monoisotopic (exact) mass is 293 g/mol. The van der Waals surface area contributed by atoms with Crippen LogP contribution < -0.4 is 11.1 Å². The summed E-state index contributed by atoms with van der Waals surface area (Å²) in [4.78, 5) is 35.7. The highest BCUT2D eigenvalue weighted by Gasteiger charge is 2.28. The van der Waals surface area contributed by atoms with Gasteiger partial charge in [-0.2, -0.15) is 0 Å². The predicted molar refractivity (Wildman–Crippen MR) is 77.6 cm³/mol. The highest BCUT2D eigenvalue weighted by Crippen LogP contribution is 2.17. The normalized spacial score (nSPS) is 14.9. The van der Waals surface area contributed by atoms with E-state index in [4.69, 9.17) is 5.73 Å². The molecule has 0 radical (unpaired) electrons. The number of imide groups is 1. The van der Waals surface area contributed by atoms with Crippen LogP contribution in [0.5, 0.6) is 0 Å². The van der Waals surface area contributed by atoms with E-state index < -0.39 is 0 Å². The first kappa shape index (κ1) is 14.5. The highest BCUT2D eigenvalue weighted by molar-refractivity contribution is 8.14. The number of thioether (sulfide) groups is 1. The molecule has 7 heteroatoms.